The SMILES string of the molecule is CCC(C)C(=O)Nc1cccc(CNC(=O)c2nnn(C3CCNCC3)c2C)c1. The van der Waals surface area contributed by atoms with Crippen molar-refractivity contribution >= 4 is 17.5 Å². The molecule has 0 bridgehead atoms. The third-order valence-electron chi connectivity index (χ3n) is 5.50. The number of amides is 2. The van der Waals surface area contributed by atoms with Crippen LogP contribution in [0.1, 0.15) is 60.9 Å². The number of nitrogens with one attached hydrogen (secondary N) is 3. The number of aromatic nitrogens is 3. The molecule has 156 valence electrons. The molecule has 8 heteroatoms. The van der Waals surface area contributed by atoms with Gasteiger partial charge in [0.05, 0.1) is 11.7 Å². The van der Waals surface area contributed by atoms with E-state index in [1.165, 1.54) is 0 Å². The number of nitrogens with zero attached hydrogens (tertiary/aromatic N) is 3. The molecule has 1 aliphatic rings. The number of hydrogen-bond acceptors (Lipinski definition) is 5. The maximum Gasteiger partial charge on any atom is 0.274 e. The van der Waals surface area contributed by atoms with Crippen molar-refractivity contribution in [1.82, 2.24) is 25.6 Å². The fourth-order valence-electron chi connectivity index (χ4n) is 3.42. The van der Waals surface area contributed by atoms with Crippen molar-refractivity contribution in [2.45, 2.75) is 52.6 Å². The topological polar surface area (TPSA) is 101 Å². The molecule has 1 atom stereocenters. The second-order valence-corrected chi connectivity index (χ2v) is 7.63. The van der Waals surface area contributed by atoms with Gasteiger partial charge in [-0.3, -0.25) is 9.59 Å². The van der Waals surface area contributed by atoms with Gasteiger partial charge >= 0.3 is 0 Å². The highest BCUT2D eigenvalue weighted by Gasteiger charge is 2.22. The van der Waals surface area contributed by atoms with Crippen molar-refractivity contribution in [2.75, 3.05) is 18.4 Å². The summed E-state index contributed by atoms with van der Waals surface area (Å²) in [6.45, 7) is 8.04. The van der Waals surface area contributed by atoms with Crippen LogP contribution < -0.4 is 16.0 Å². The van der Waals surface area contributed by atoms with Crippen LogP contribution in [0.3, 0.4) is 0 Å². The maximum atomic E-state index is 12.6. The van der Waals surface area contributed by atoms with Gasteiger partial charge in [0.15, 0.2) is 5.69 Å². The highest BCUT2D eigenvalue weighted by Crippen LogP contribution is 2.20. The van der Waals surface area contributed by atoms with Crippen molar-refractivity contribution in [3.05, 3.63) is 41.2 Å². The van der Waals surface area contributed by atoms with E-state index in [9.17, 15) is 9.59 Å². The van der Waals surface area contributed by atoms with E-state index in [2.05, 4.69) is 26.3 Å². The molecule has 1 aromatic carbocycles. The first-order valence-corrected chi connectivity index (χ1v) is 10.3. The van der Waals surface area contributed by atoms with E-state index in [0.717, 1.165) is 49.3 Å². The molecule has 1 aliphatic heterocycles. The van der Waals surface area contributed by atoms with Crippen molar-refractivity contribution in [1.29, 1.82) is 0 Å². The summed E-state index contributed by atoms with van der Waals surface area (Å²) in [4.78, 5) is 24.7. The predicted octanol–water partition coefficient (Wildman–Crippen LogP) is 2.43. The van der Waals surface area contributed by atoms with E-state index in [-0.39, 0.29) is 23.8 Å². The molecule has 1 fully saturated rings. The maximum absolute atomic E-state index is 12.6. The first-order valence-electron chi connectivity index (χ1n) is 10.3. The van der Waals surface area contributed by atoms with Crippen LogP contribution in [-0.2, 0) is 11.3 Å². The second kappa shape index (κ2) is 9.65. The van der Waals surface area contributed by atoms with Crippen LogP contribution in [0.5, 0.6) is 0 Å². The summed E-state index contributed by atoms with van der Waals surface area (Å²) in [6.07, 6.45) is 2.76. The number of carbonyl (C=O) groups excluding carboxylic acids is 2. The lowest BCUT2D eigenvalue weighted by Crippen LogP contribution is -2.30. The van der Waals surface area contributed by atoms with Gasteiger partial charge in [0.2, 0.25) is 5.91 Å². The van der Waals surface area contributed by atoms with E-state index in [0.29, 0.717) is 12.2 Å². The zero-order valence-corrected chi connectivity index (χ0v) is 17.4. The Bertz CT molecular complexity index is 857. The van der Waals surface area contributed by atoms with Gasteiger partial charge in [0, 0.05) is 18.2 Å². The van der Waals surface area contributed by atoms with Crippen LogP contribution in [0.2, 0.25) is 0 Å². The van der Waals surface area contributed by atoms with Gasteiger partial charge in [-0.1, -0.05) is 31.2 Å². The van der Waals surface area contributed by atoms with Crippen molar-refractivity contribution in [3.63, 3.8) is 0 Å². The van der Waals surface area contributed by atoms with Gasteiger partial charge in [-0.2, -0.15) is 0 Å². The van der Waals surface area contributed by atoms with Gasteiger partial charge < -0.3 is 16.0 Å². The van der Waals surface area contributed by atoms with Gasteiger partial charge in [-0.25, -0.2) is 4.68 Å². The first kappa shape index (κ1) is 21.0. The van der Waals surface area contributed by atoms with Crippen LogP contribution in [0.25, 0.3) is 0 Å². The van der Waals surface area contributed by atoms with E-state index >= 15 is 0 Å². The number of anilines is 1. The normalized spacial score (nSPS) is 15.7. The first-order chi connectivity index (χ1) is 14.0. The van der Waals surface area contributed by atoms with Gasteiger partial charge in [-0.05, 0) is 57.0 Å². The summed E-state index contributed by atoms with van der Waals surface area (Å²) in [5.41, 5.74) is 2.80. The Morgan fingerprint density at radius 2 is 2.07 bits per heavy atom. The largest absolute Gasteiger partial charge is 0.347 e. The zero-order chi connectivity index (χ0) is 20.8. The minimum absolute atomic E-state index is 0.00108. The molecule has 1 unspecified atom stereocenters. The van der Waals surface area contributed by atoms with Gasteiger partial charge in [0.25, 0.3) is 5.91 Å². The average Bonchev–Trinajstić information content (AvgIpc) is 3.13. The fraction of sp³-hybridized carbons (Fsp3) is 0.524. The molecule has 2 amide bonds. The fourth-order valence-corrected chi connectivity index (χ4v) is 3.42. The summed E-state index contributed by atoms with van der Waals surface area (Å²) in [5.74, 6) is -0.278. The Labute approximate surface area is 171 Å². The Balaban J connectivity index is 1.60. The standard InChI is InChI=1S/C21H30N6O2/c1-4-14(2)20(28)24-17-7-5-6-16(12-17)13-23-21(29)19-15(3)27(26-25-19)18-8-10-22-11-9-18/h5-7,12,14,18,22H,4,8-11,13H2,1-3H3,(H,23,29)(H,24,28). The number of rotatable bonds is 7. The molecule has 0 saturated carbocycles. The van der Waals surface area contributed by atoms with Crippen LogP contribution >= 0.6 is 0 Å². The lowest BCUT2D eigenvalue weighted by molar-refractivity contribution is -0.119. The van der Waals surface area contributed by atoms with Crippen LogP contribution in [0.4, 0.5) is 5.69 Å². The minimum atomic E-state index is -0.239. The Morgan fingerprint density at radius 1 is 1.31 bits per heavy atom. The molecule has 29 heavy (non-hydrogen) atoms. The molecule has 2 heterocycles. The van der Waals surface area contributed by atoms with Crippen molar-refractivity contribution in [3.8, 4) is 0 Å². The Kier molecular flexibility index (Phi) is 6.98. The molecule has 0 spiro atoms. The molecule has 1 aromatic heterocycles. The van der Waals surface area contributed by atoms with Crippen molar-refractivity contribution < 1.29 is 9.59 Å². The smallest absolute Gasteiger partial charge is 0.274 e. The molecular formula is C21H30N6O2. The van der Waals surface area contributed by atoms with Crippen LogP contribution in [0, 0.1) is 12.8 Å². The molecule has 3 N–H and O–H groups in total. The molecule has 1 saturated heterocycles. The Hall–Kier alpha value is -2.74. The van der Waals surface area contributed by atoms with E-state index < -0.39 is 0 Å². The molecular weight excluding hydrogens is 368 g/mol. The molecule has 2 aromatic rings. The van der Waals surface area contributed by atoms with Crippen LogP contribution in [0.15, 0.2) is 24.3 Å². The minimum Gasteiger partial charge on any atom is -0.347 e. The van der Waals surface area contributed by atoms with E-state index in [1.54, 1.807) is 0 Å². The highest BCUT2D eigenvalue weighted by molar-refractivity contribution is 5.93. The third-order valence-corrected chi connectivity index (χ3v) is 5.50. The number of piperidine rings is 1. The quantitative estimate of drug-likeness (QED) is 0.665. The summed E-state index contributed by atoms with van der Waals surface area (Å²) >= 11 is 0. The van der Waals surface area contributed by atoms with E-state index in [4.69, 9.17) is 0 Å². The third kappa shape index (κ3) is 5.20. The highest BCUT2D eigenvalue weighted by atomic mass is 16.2. The number of hydrogen-bond donors (Lipinski definition) is 3. The monoisotopic (exact) mass is 398 g/mol. The second-order valence-electron chi connectivity index (χ2n) is 7.63. The summed E-state index contributed by atoms with van der Waals surface area (Å²) in [7, 11) is 0. The summed E-state index contributed by atoms with van der Waals surface area (Å²) < 4.78 is 1.88. The number of benzene rings is 1. The molecule has 8 nitrogen and oxygen atoms in total. The van der Waals surface area contributed by atoms with Gasteiger partial charge in [0.1, 0.15) is 0 Å². The predicted molar refractivity (Wildman–Crippen MR) is 112 cm³/mol. The number of carbonyl (C=O) groups is 2. The lowest BCUT2D eigenvalue weighted by Gasteiger charge is -2.23. The molecule has 0 aliphatic carbocycles. The zero-order valence-electron chi connectivity index (χ0n) is 17.4. The van der Waals surface area contributed by atoms with E-state index in [1.807, 2.05) is 49.7 Å². The molecule has 3 rings (SSSR count). The summed E-state index contributed by atoms with van der Waals surface area (Å²) in [6, 6.07) is 7.79. The average molecular weight is 399 g/mol. The van der Waals surface area contributed by atoms with Gasteiger partial charge in [-0.15, -0.1) is 5.10 Å². The van der Waals surface area contributed by atoms with Crippen LogP contribution in [-0.4, -0.2) is 39.9 Å². The molecule has 0 radical (unpaired) electrons. The summed E-state index contributed by atoms with van der Waals surface area (Å²) in [5, 5.41) is 17.5. The Morgan fingerprint density at radius 3 is 2.79 bits per heavy atom. The van der Waals surface area contributed by atoms with Crippen molar-refractivity contribution in [2.24, 2.45) is 5.92 Å². The lowest BCUT2D eigenvalue weighted by atomic mass is 10.1.